The average Bonchev–Trinajstić information content (AvgIpc) is 2.38. The van der Waals surface area contributed by atoms with Crippen LogP contribution in [0, 0.1) is 0 Å². The van der Waals surface area contributed by atoms with Crippen LogP contribution in [0.15, 0.2) is 53.0 Å². The van der Waals surface area contributed by atoms with Gasteiger partial charge in [0.2, 0.25) is 0 Å². The Morgan fingerprint density at radius 3 is 2.50 bits per heavy atom. The number of rotatable bonds is 5. The minimum Gasteiger partial charge on any atom is -0.435 e. The van der Waals surface area contributed by atoms with Crippen molar-refractivity contribution in [3.63, 3.8) is 0 Å². The fourth-order valence-electron chi connectivity index (χ4n) is 1.87. The summed E-state index contributed by atoms with van der Waals surface area (Å²) in [7, 11) is 0. The highest BCUT2D eigenvalue weighted by Crippen LogP contribution is 2.30. The van der Waals surface area contributed by atoms with Crippen molar-refractivity contribution < 1.29 is 13.5 Å². The molecule has 0 bridgehead atoms. The smallest absolute Gasteiger partial charge is 0.387 e. The zero-order chi connectivity index (χ0) is 14.5. The molecule has 0 radical (unpaired) electrons. The van der Waals surface area contributed by atoms with Crippen molar-refractivity contribution >= 4 is 31.9 Å². The van der Waals surface area contributed by atoms with Crippen LogP contribution in [0.1, 0.15) is 16.0 Å². The topological polar surface area (TPSA) is 9.23 Å². The van der Waals surface area contributed by atoms with Gasteiger partial charge in [-0.05, 0) is 41.8 Å². The monoisotopic (exact) mass is 404 g/mol. The third-order valence-corrected chi connectivity index (χ3v) is 4.09. The predicted octanol–water partition coefficient (Wildman–Crippen LogP) is 5.73. The molecule has 0 aliphatic carbocycles. The molecule has 106 valence electrons. The van der Waals surface area contributed by atoms with Crippen LogP contribution in [0.2, 0.25) is 0 Å². The molecule has 2 aromatic carbocycles. The van der Waals surface area contributed by atoms with Gasteiger partial charge in [-0.3, -0.25) is 0 Å². The lowest BCUT2D eigenvalue weighted by Crippen LogP contribution is -2.03. The Hall–Kier alpha value is -0.940. The number of benzene rings is 2. The molecular formula is C15H12Br2F2O. The first-order valence-electron chi connectivity index (χ1n) is 5.98. The van der Waals surface area contributed by atoms with Gasteiger partial charge in [-0.1, -0.05) is 56.1 Å². The van der Waals surface area contributed by atoms with Gasteiger partial charge in [0, 0.05) is 9.30 Å². The van der Waals surface area contributed by atoms with Crippen LogP contribution in [0.3, 0.4) is 0 Å². The number of ether oxygens (including phenoxy) is 1. The van der Waals surface area contributed by atoms with Gasteiger partial charge in [0.1, 0.15) is 5.75 Å². The molecule has 0 heterocycles. The second-order valence-corrected chi connectivity index (χ2v) is 6.27. The Balaban J connectivity index is 2.10. The summed E-state index contributed by atoms with van der Waals surface area (Å²) in [6.45, 7) is -2.80. The lowest BCUT2D eigenvalue weighted by molar-refractivity contribution is -0.0498. The second-order valence-electron chi connectivity index (χ2n) is 4.25. The van der Waals surface area contributed by atoms with Crippen molar-refractivity contribution in [3.05, 3.63) is 64.1 Å². The number of alkyl halides is 3. The van der Waals surface area contributed by atoms with Gasteiger partial charge in [0.25, 0.3) is 0 Å². The highest BCUT2D eigenvalue weighted by molar-refractivity contribution is 9.10. The van der Waals surface area contributed by atoms with Gasteiger partial charge < -0.3 is 4.74 Å². The minimum atomic E-state index is -2.80. The predicted molar refractivity (Wildman–Crippen MR) is 82.6 cm³/mol. The van der Waals surface area contributed by atoms with Crippen molar-refractivity contribution in [1.29, 1.82) is 0 Å². The quantitative estimate of drug-likeness (QED) is 0.577. The molecule has 1 nitrogen and oxygen atoms in total. The van der Waals surface area contributed by atoms with E-state index in [9.17, 15) is 8.78 Å². The largest absolute Gasteiger partial charge is 0.435 e. The number of hydrogen-bond donors (Lipinski definition) is 0. The van der Waals surface area contributed by atoms with E-state index in [1.807, 2.05) is 30.3 Å². The van der Waals surface area contributed by atoms with Crippen molar-refractivity contribution in [2.24, 2.45) is 0 Å². The van der Waals surface area contributed by atoms with Gasteiger partial charge in [-0.15, -0.1) is 0 Å². The van der Waals surface area contributed by atoms with E-state index in [4.69, 9.17) is 0 Å². The van der Waals surface area contributed by atoms with Crippen molar-refractivity contribution in [2.45, 2.75) is 17.9 Å². The van der Waals surface area contributed by atoms with Crippen LogP contribution in [-0.2, 0) is 6.42 Å². The molecule has 5 heteroatoms. The molecule has 0 saturated carbocycles. The first-order valence-corrected chi connectivity index (χ1v) is 7.69. The average molecular weight is 406 g/mol. The minimum absolute atomic E-state index is 0.0398. The normalized spacial score (nSPS) is 12.4. The molecule has 0 aliphatic heterocycles. The van der Waals surface area contributed by atoms with Crippen molar-refractivity contribution in [3.8, 4) is 5.75 Å². The third kappa shape index (κ3) is 4.56. The summed E-state index contributed by atoms with van der Waals surface area (Å²) >= 11 is 7.02. The molecule has 0 saturated heterocycles. The van der Waals surface area contributed by atoms with E-state index >= 15 is 0 Å². The molecule has 0 N–H and O–H groups in total. The van der Waals surface area contributed by atoms with Gasteiger partial charge in [0.05, 0.1) is 0 Å². The molecule has 0 aliphatic rings. The van der Waals surface area contributed by atoms with E-state index in [1.54, 1.807) is 12.1 Å². The van der Waals surface area contributed by atoms with Crippen LogP contribution in [0.5, 0.6) is 5.75 Å². The molecule has 1 unspecified atom stereocenters. The Kier molecular flexibility index (Phi) is 5.54. The second kappa shape index (κ2) is 7.18. The van der Waals surface area contributed by atoms with Crippen LogP contribution < -0.4 is 4.74 Å². The van der Waals surface area contributed by atoms with Crippen molar-refractivity contribution in [2.75, 3.05) is 0 Å². The lowest BCUT2D eigenvalue weighted by atomic mass is 10.0. The summed E-state index contributed by atoms with van der Waals surface area (Å²) < 4.78 is 29.8. The van der Waals surface area contributed by atoms with E-state index < -0.39 is 6.61 Å². The third-order valence-electron chi connectivity index (χ3n) is 2.75. The summed E-state index contributed by atoms with van der Waals surface area (Å²) in [5, 5.41) is 0. The highest BCUT2D eigenvalue weighted by Gasteiger charge is 2.11. The lowest BCUT2D eigenvalue weighted by Gasteiger charge is -2.12. The molecule has 2 rings (SSSR count). The van der Waals surface area contributed by atoms with Crippen LogP contribution in [0.25, 0.3) is 0 Å². The van der Waals surface area contributed by atoms with Crippen LogP contribution in [-0.4, -0.2) is 6.61 Å². The summed E-state index contributed by atoms with van der Waals surface area (Å²) in [4.78, 5) is 0.0398. The summed E-state index contributed by atoms with van der Waals surface area (Å²) in [6, 6.07) is 14.7. The molecule has 0 amide bonds. The Morgan fingerprint density at radius 1 is 1.05 bits per heavy atom. The van der Waals surface area contributed by atoms with E-state index in [-0.39, 0.29) is 10.6 Å². The Labute approximate surface area is 133 Å². The fraction of sp³-hybridized carbons (Fsp3) is 0.200. The maximum absolute atomic E-state index is 12.2. The summed E-state index contributed by atoms with van der Waals surface area (Å²) in [5.41, 5.74) is 2.06. The highest BCUT2D eigenvalue weighted by atomic mass is 79.9. The number of hydrogen-bond acceptors (Lipinski definition) is 1. The molecule has 0 spiro atoms. The van der Waals surface area contributed by atoms with Crippen LogP contribution >= 0.6 is 31.9 Å². The van der Waals surface area contributed by atoms with E-state index in [1.165, 1.54) is 6.07 Å². The van der Waals surface area contributed by atoms with E-state index in [0.29, 0.717) is 0 Å². The molecule has 2 aromatic rings. The summed E-state index contributed by atoms with van der Waals surface area (Å²) in [5.74, 6) is 0.177. The molecule has 20 heavy (non-hydrogen) atoms. The van der Waals surface area contributed by atoms with E-state index in [2.05, 4.69) is 36.6 Å². The first kappa shape index (κ1) is 15.4. The molecule has 0 aromatic heterocycles. The Bertz CT molecular complexity index is 575. The van der Waals surface area contributed by atoms with Gasteiger partial charge in [-0.2, -0.15) is 8.78 Å². The van der Waals surface area contributed by atoms with Gasteiger partial charge in [0.15, 0.2) is 0 Å². The maximum atomic E-state index is 12.2. The van der Waals surface area contributed by atoms with Crippen molar-refractivity contribution in [1.82, 2.24) is 0 Å². The SMILES string of the molecule is FC(F)Oc1cccc(C(Br)Cc2cccc(Br)c2)c1. The Morgan fingerprint density at radius 2 is 1.80 bits per heavy atom. The fourth-order valence-corrected chi connectivity index (χ4v) is 2.98. The van der Waals surface area contributed by atoms with Gasteiger partial charge >= 0.3 is 6.61 Å². The first-order chi connectivity index (χ1) is 9.54. The zero-order valence-electron chi connectivity index (χ0n) is 10.4. The van der Waals surface area contributed by atoms with Crippen LogP contribution in [0.4, 0.5) is 8.78 Å². The molecule has 0 fully saturated rings. The van der Waals surface area contributed by atoms with Gasteiger partial charge in [-0.25, -0.2) is 0 Å². The standard InChI is InChI=1S/C15H12Br2F2O/c16-12-5-1-3-10(7-12)8-14(17)11-4-2-6-13(9-11)20-15(18)19/h1-7,9,14-15H,8H2. The van der Waals surface area contributed by atoms with E-state index in [0.717, 1.165) is 22.0 Å². The maximum Gasteiger partial charge on any atom is 0.387 e. The molecule has 1 atom stereocenters. The summed E-state index contributed by atoms with van der Waals surface area (Å²) in [6.07, 6.45) is 0.761. The zero-order valence-corrected chi connectivity index (χ0v) is 13.6. The number of halogens is 4. The molecular weight excluding hydrogens is 394 g/mol.